The highest BCUT2D eigenvalue weighted by molar-refractivity contribution is 5.81. The minimum atomic E-state index is -0.445. The second-order valence-electron chi connectivity index (χ2n) is 7.99. The van der Waals surface area contributed by atoms with Crippen LogP contribution in [0.2, 0.25) is 0 Å². The van der Waals surface area contributed by atoms with E-state index in [1.54, 1.807) is 4.90 Å². The molecule has 0 saturated carbocycles. The predicted molar refractivity (Wildman–Crippen MR) is 90.1 cm³/mol. The summed E-state index contributed by atoms with van der Waals surface area (Å²) < 4.78 is 5.43. The first-order chi connectivity index (χ1) is 10.8. The molecule has 23 heavy (non-hydrogen) atoms. The summed E-state index contributed by atoms with van der Waals surface area (Å²) >= 11 is 0. The molecular weight excluding hydrogens is 292 g/mol. The van der Waals surface area contributed by atoms with Crippen LogP contribution in [0.25, 0.3) is 0 Å². The van der Waals surface area contributed by atoms with Gasteiger partial charge in [-0.1, -0.05) is 19.8 Å². The van der Waals surface area contributed by atoms with Crippen LogP contribution in [0, 0.1) is 11.8 Å². The zero-order valence-corrected chi connectivity index (χ0v) is 15.1. The molecule has 2 aliphatic heterocycles. The van der Waals surface area contributed by atoms with Crippen LogP contribution in [0.3, 0.4) is 0 Å². The Morgan fingerprint density at radius 3 is 2.52 bits per heavy atom. The molecule has 1 N–H and O–H groups in total. The number of rotatable bonds is 4. The van der Waals surface area contributed by atoms with E-state index < -0.39 is 5.60 Å². The normalized spacial score (nSPS) is 26.3. The Morgan fingerprint density at radius 1 is 1.30 bits per heavy atom. The number of nitrogens with zero attached hydrogens (tertiary/aromatic N) is 1. The molecule has 2 rings (SSSR count). The van der Waals surface area contributed by atoms with Crippen molar-refractivity contribution in [2.24, 2.45) is 11.8 Å². The highest BCUT2D eigenvalue weighted by atomic mass is 16.6. The van der Waals surface area contributed by atoms with Crippen LogP contribution < -0.4 is 5.32 Å². The fourth-order valence-electron chi connectivity index (χ4n) is 3.59. The molecule has 2 heterocycles. The van der Waals surface area contributed by atoms with Crippen LogP contribution in [-0.2, 0) is 9.53 Å². The number of amides is 2. The van der Waals surface area contributed by atoms with Crippen molar-refractivity contribution in [3.05, 3.63) is 0 Å². The summed E-state index contributed by atoms with van der Waals surface area (Å²) in [4.78, 5) is 26.0. The third kappa shape index (κ3) is 5.11. The summed E-state index contributed by atoms with van der Waals surface area (Å²) in [5.74, 6) is 0.922. The maximum absolute atomic E-state index is 12.1. The van der Waals surface area contributed by atoms with Crippen molar-refractivity contribution < 1.29 is 14.3 Å². The maximum Gasteiger partial charge on any atom is 0.410 e. The van der Waals surface area contributed by atoms with Crippen molar-refractivity contribution in [3.8, 4) is 0 Å². The minimum Gasteiger partial charge on any atom is -0.444 e. The predicted octanol–water partition coefficient (Wildman–Crippen LogP) is 3.33. The molecule has 2 atom stereocenters. The van der Waals surface area contributed by atoms with Gasteiger partial charge in [0.1, 0.15) is 5.60 Å². The summed E-state index contributed by atoms with van der Waals surface area (Å²) in [5, 5.41) is 3.19. The fourth-order valence-corrected chi connectivity index (χ4v) is 3.59. The first-order valence-electron chi connectivity index (χ1n) is 9.08. The van der Waals surface area contributed by atoms with Gasteiger partial charge in [0, 0.05) is 25.0 Å². The van der Waals surface area contributed by atoms with Crippen molar-refractivity contribution in [2.75, 3.05) is 13.1 Å². The standard InChI is InChI=1S/C18H32N2O3/c1-5-6-7-14-12-15(19-16(14)21)13-8-10-20(11-9-13)17(22)23-18(2,3)4/h13-15H,5-12H2,1-4H3,(H,19,21). The Labute approximate surface area is 140 Å². The Kier molecular flexibility index (Phi) is 5.93. The second-order valence-corrected chi connectivity index (χ2v) is 7.99. The molecule has 2 amide bonds. The molecule has 0 bridgehead atoms. The van der Waals surface area contributed by atoms with Gasteiger partial charge in [0.25, 0.3) is 0 Å². The van der Waals surface area contributed by atoms with Gasteiger partial charge in [-0.05, 0) is 52.4 Å². The third-order valence-corrected chi connectivity index (χ3v) is 4.90. The van der Waals surface area contributed by atoms with Gasteiger partial charge in [-0.15, -0.1) is 0 Å². The minimum absolute atomic E-state index is 0.198. The van der Waals surface area contributed by atoms with Gasteiger partial charge in [0.2, 0.25) is 5.91 Å². The highest BCUT2D eigenvalue weighted by Crippen LogP contribution is 2.31. The van der Waals surface area contributed by atoms with Crippen molar-refractivity contribution in [2.45, 2.75) is 77.9 Å². The van der Waals surface area contributed by atoms with Gasteiger partial charge in [-0.3, -0.25) is 4.79 Å². The molecule has 0 aromatic rings. The second kappa shape index (κ2) is 7.54. The molecule has 0 aromatic heterocycles. The lowest BCUT2D eigenvalue weighted by Gasteiger charge is -2.35. The molecule has 2 saturated heterocycles. The number of hydrogen-bond donors (Lipinski definition) is 1. The molecule has 2 fully saturated rings. The van der Waals surface area contributed by atoms with E-state index in [0.717, 1.165) is 51.6 Å². The topological polar surface area (TPSA) is 58.6 Å². The summed E-state index contributed by atoms with van der Waals surface area (Å²) in [7, 11) is 0. The van der Waals surface area contributed by atoms with Gasteiger partial charge in [0.15, 0.2) is 0 Å². The largest absolute Gasteiger partial charge is 0.444 e. The molecule has 132 valence electrons. The average Bonchev–Trinajstić information content (AvgIpc) is 2.84. The average molecular weight is 324 g/mol. The molecular formula is C18H32N2O3. The molecule has 0 radical (unpaired) electrons. The third-order valence-electron chi connectivity index (χ3n) is 4.90. The number of piperidine rings is 1. The van der Waals surface area contributed by atoms with E-state index in [4.69, 9.17) is 4.74 Å². The number of likely N-dealkylation sites (tertiary alicyclic amines) is 1. The zero-order chi connectivity index (χ0) is 17.0. The van der Waals surface area contributed by atoms with Crippen molar-refractivity contribution >= 4 is 12.0 Å². The number of carbonyl (C=O) groups is 2. The number of hydrogen-bond acceptors (Lipinski definition) is 3. The Morgan fingerprint density at radius 2 is 1.96 bits per heavy atom. The van der Waals surface area contributed by atoms with Crippen LogP contribution in [0.15, 0.2) is 0 Å². The van der Waals surface area contributed by atoms with E-state index in [9.17, 15) is 9.59 Å². The molecule has 0 aliphatic carbocycles. The first kappa shape index (κ1) is 18.1. The molecule has 0 aromatic carbocycles. The maximum atomic E-state index is 12.1. The van der Waals surface area contributed by atoms with E-state index in [1.807, 2.05) is 20.8 Å². The van der Waals surface area contributed by atoms with Gasteiger partial charge < -0.3 is 15.0 Å². The van der Waals surface area contributed by atoms with E-state index in [2.05, 4.69) is 12.2 Å². The number of nitrogens with one attached hydrogen (secondary N) is 1. The SMILES string of the molecule is CCCCC1CC(C2CCN(C(=O)OC(C)(C)C)CC2)NC1=O. The van der Waals surface area contributed by atoms with Crippen LogP contribution in [0.4, 0.5) is 4.79 Å². The Hall–Kier alpha value is -1.26. The van der Waals surface area contributed by atoms with Gasteiger partial charge in [0.05, 0.1) is 0 Å². The number of unbranched alkanes of at least 4 members (excludes halogenated alkanes) is 1. The van der Waals surface area contributed by atoms with Crippen LogP contribution in [0.1, 0.15) is 66.2 Å². The van der Waals surface area contributed by atoms with Gasteiger partial charge in [-0.2, -0.15) is 0 Å². The molecule has 0 spiro atoms. The summed E-state index contributed by atoms with van der Waals surface area (Å²) in [6.45, 7) is 9.29. The van der Waals surface area contributed by atoms with Crippen molar-refractivity contribution in [1.29, 1.82) is 0 Å². The summed E-state index contributed by atoms with van der Waals surface area (Å²) in [6.07, 6.45) is 5.93. The zero-order valence-electron chi connectivity index (χ0n) is 15.1. The van der Waals surface area contributed by atoms with Gasteiger partial charge >= 0.3 is 6.09 Å². The van der Waals surface area contributed by atoms with Gasteiger partial charge in [-0.25, -0.2) is 4.79 Å². The van der Waals surface area contributed by atoms with E-state index in [-0.39, 0.29) is 17.9 Å². The molecule has 5 heteroatoms. The Balaban J connectivity index is 1.79. The number of carbonyl (C=O) groups excluding carboxylic acids is 2. The lowest BCUT2D eigenvalue weighted by molar-refractivity contribution is -0.122. The van der Waals surface area contributed by atoms with E-state index in [0.29, 0.717) is 12.0 Å². The van der Waals surface area contributed by atoms with Crippen molar-refractivity contribution in [3.63, 3.8) is 0 Å². The molecule has 2 unspecified atom stereocenters. The van der Waals surface area contributed by atoms with Crippen LogP contribution >= 0.6 is 0 Å². The molecule has 2 aliphatic rings. The highest BCUT2D eigenvalue weighted by Gasteiger charge is 2.38. The fraction of sp³-hybridized carbons (Fsp3) is 0.889. The van der Waals surface area contributed by atoms with Crippen LogP contribution in [0.5, 0.6) is 0 Å². The summed E-state index contributed by atoms with van der Waals surface area (Å²) in [6, 6.07) is 0.296. The van der Waals surface area contributed by atoms with E-state index >= 15 is 0 Å². The van der Waals surface area contributed by atoms with Crippen LogP contribution in [-0.4, -0.2) is 41.6 Å². The molecule has 5 nitrogen and oxygen atoms in total. The Bertz CT molecular complexity index is 422. The van der Waals surface area contributed by atoms with E-state index in [1.165, 1.54) is 0 Å². The monoisotopic (exact) mass is 324 g/mol. The smallest absolute Gasteiger partial charge is 0.410 e. The summed E-state index contributed by atoms with van der Waals surface area (Å²) in [5.41, 5.74) is -0.445. The van der Waals surface area contributed by atoms with Crippen molar-refractivity contribution in [1.82, 2.24) is 10.2 Å². The number of ether oxygens (including phenoxy) is 1. The first-order valence-corrected chi connectivity index (χ1v) is 9.08. The lowest BCUT2D eigenvalue weighted by Crippen LogP contribution is -2.45. The quantitative estimate of drug-likeness (QED) is 0.863. The lowest BCUT2D eigenvalue weighted by atomic mass is 9.86.